The van der Waals surface area contributed by atoms with Crippen LogP contribution in [0.2, 0.25) is 0 Å². The molecule has 1 aliphatic carbocycles. The molecule has 0 aromatic carbocycles. The van der Waals surface area contributed by atoms with E-state index in [4.69, 9.17) is 20.4 Å². The lowest BCUT2D eigenvalue weighted by Gasteiger charge is -2.28. The number of carbonyl (C=O) groups is 4. The number of carboxylic acid groups (broad SMARTS) is 1. The number of fused-ring (bicyclic) bond motifs is 1. The molecule has 15 heteroatoms. The Kier molecular flexibility index (Phi) is 11.8. The van der Waals surface area contributed by atoms with E-state index in [0.29, 0.717) is 70.0 Å². The van der Waals surface area contributed by atoms with Crippen LogP contribution in [0.15, 0.2) is 12.3 Å². The number of nitrogens with two attached hydrogens (primary N) is 1. The van der Waals surface area contributed by atoms with Crippen molar-refractivity contribution in [1.29, 1.82) is 0 Å². The van der Waals surface area contributed by atoms with Crippen LogP contribution in [0.4, 0.5) is 11.8 Å². The Labute approximate surface area is 238 Å². The van der Waals surface area contributed by atoms with Crippen molar-refractivity contribution in [2.24, 2.45) is 7.05 Å². The first-order valence-electron chi connectivity index (χ1n) is 13.6. The molecule has 2 aromatic rings. The number of hydrogen-bond donors (Lipinski definition) is 4. The Morgan fingerprint density at radius 3 is 2.71 bits per heavy atom. The first-order valence-corrected chi connectivity index (χ1v) is 13.6. The Morgan fingerprint density at radius 2 is 1.98 bits per heavy atom. The summed E-state index contributed by atoms with van der Waals surface area (Å²) in [5.74, 6) is 0.279. The van der Waals surface area contributed by atoms with Crippen LogP contribution in [-0.2, 0) is 39.0 Å². The molecule has 2 aromatic heterocycles. The molecule has 0 saturated heterocycles. The van der Waals surface area contributed by atoms with Crippen molar-refractivity contribution < 1.29 is 29.0 Å². The number of methoxy groups -OCH3 is 1. The zero-order valence-corrected chi connectivity index (χ0v) is 23.5. The molecule has 3 amide bonds. The Morgan fingerprint density at radius 1 is 1.22 bits per heavy atom. The predicted octanol–water partition coefficient (Wildman–Crippen LogP) is -0.638. The molecule has 2 bridgehead atoms. The number of anilines is 2. The van der Waals surface area contributed by atoms with Crippen LogP contribution in [0.5, 0.6) is 0 Å². The fourth-order valence-electron chi connectivity index (χ4n) is 5.05. The number of nitrogens with zero attached hydrogens (tertiary/aromatic N) is 6. The molecule has 1 unspecified atom stereocenters. The highest BCUT2D eigenvalue weighted by Crippen LogP contribution is 2.24. The van der Waals surface area contributed by atoms with Gasteiger partial charge in [0.05, 0.1) is 13.2 Å². The molecule has 1 aliphatic heterocycles. The van der Waals surface area contributed by atoms with Crippen LogP contribution >= 0.6 is 0 Å². The van der Waals surface area contributed by atoms with Crippen LogP contribution in [0.1, 0.15) is 47.4 Å². The fourth-order valence-corrected chi connectivity index (χ4v) is 5.05. The first-order chi connectivity index (χ1) is 19.8. The second-order valence-electron chi connectivity index (χ2n) is 9.79. The molecule has 2 aliphatic rings. The number of ether oxygens (including phenoxy) is 1. The summed E-state index contributed by atoms with van der Waals surface area (Å²) in [5, 5.41) is 17.4. The molecule has 41 heavy (non-hydrogen) atoms. The normalized spacial score (nSPS) is 18.8. The van der Waals surface area contributed by atoms with Crippen molar-refractivity contribution in [2.45, 2.75) is 44.6 Å². The summed E-state index contributed by atoms with van der Waals surface area (Å²) in [4.78, 5) is 59.3. The molecule has 1 atom stereocenters. The Hall–Kier alpha value is -4.27. The monoisotopic (exact) mass is 573 g/mol. The lowest BCUT2D eigenvalue weighted by atomic mass is 9.91. The maximum absolute atomic E-state index is 13.1. The highest BCUT2D eigenvalue weighted by molar-refractivity contribution is 5.94. The fraction of sp³-hybridized carbons (Fsp3) is 0.577. The standard InChI is InChI=1S/C25H37N9O4.CH2O2/c1-32-19-7-6-17-15-18(19)23(31-32)24(37)27-9-4-12-33(20-8-10-28-25(26)30-20)11-3-5-22(36)34(13-14-38-2)16-21(35)29-17;2-1-3/h8,10,17H,3-7,9,11-16H2,1-2H3,(H,27,37)(H,29,35)(H2,26,28,30);1H,(H,2,3). The minimum Gasteiger partial charge on any atom is -0.483 e. The van der Waals surface area contributed by atoms with Gasteiger partial charge in [0.2, 0.25) is 17.8 Å². The van der Waals surface area contributed by atoms with Crippen molar-refractivity contribution >= 4 is 36.0 Å². The van der Waals surface area contributed by atoms with Gasteiger partial charge in [-0.3, -0.25) is 23.9 Å². The number of hydrogen-bond acceptors (Lipinski definition) is 10. The quantitative estimate of drug-likeness (QED) is 0.339. The molecular weight excluding hydrogens is 534 g/mol. The van der Waals surface area contributed by atoms with E-state index < -0.39 is 0 Å². The molecule has 0 fully saturated rings. The summed E-state index contributed by atoms with van der Waals surface area (Å²) in [7, 11) is 3.41. The van der Waals surface area contributed by atoms with Gasteiger partial charge in [-0.25, -0.2) is 4.98 Å². The number of rotatable bonds is 4. The topological polar surface area (TPSA) is 198 Å². The third-order valence-electron chi connectivity index (χ3n) is 6.98. The largest absolute Gasteiger partial charge is 0.483 e. The molecule has 15 nitrogen and oxygen atoms in total. The average Bonchev–Trinajstić information content (AvgIpc) is 3.27. The van der Waals surface area contributed by atoms with Gasteiger partial charge in [0.15, 0.2) is 5.69 Å². The van der Waals surface area contributed by atoms with E-state index in [-0.39, 0.29) is 49.1 Å². The summed E-state index contributed by atoms with van der Waals surface area (Å²) in [5.41, 5.74) is 8.09. The van der Waals surface area contributed by atoms with E-state index in [1.807, 2.05) is 11.9 Å². The van der Waals surface area contributed by atoms with Gasteiger partial charge in [-0.05, 0) is 38.2 Å². The van der Waals surface area contributed by atoms with Crippen LogP contribution in [0.3, 0.4) is 0 Å². The Balaban J connectivity index is 0.00000147. The van der Waals surface area contributed by atoms with Gasteiger partial charge in [0.25, 0.3) is 12.4 Å². The molecule has 0 spiro atoms. The maximum atomic E-state index is 13.1. The summed E-state index contributed by atoms with van der Waals surface area (Å²) in [6.07, 6.45) is 5.07. The predicted molar refractivity (Wildman–Crippen MR) is 149 cm³/mol. The molecule has 5 N–H and O–H groups in total. The van der Waals surface area contributed by atoms with Crippen molar-refractivity contribution in [3.8, 4) is 0 Å². The number of amides is 3. The van der Waals surface area contributed by atoms with Crippen molar-refractivity contribution in [3.05, 3.63) is 29.2 Å². The highest BCUT2D eigenvalue weighted by Gasteiger charge is 2.29. The van der Waals surface area contributed by atoms with Gasteiger partial charge < -0.3 is 36.0 Å². The van der Waals surface area contributed by atoms with E-state index >= 15 is 0 Å². The Bertz CT molecular complexity index is 1200. The number of carbonyl (C=O) groups excluding carboxylic acids is 3. The van der Waals surface area contributed by atoms with Crippen LogP contribution in [0.25, 0.3) is 0 Å². The number of nitrogens with one attached hydrogen (secondary N) is 2. The van der Waals surface area contributed by atoms with Crippen LogP contribution < -0.4 is 21.3 Å². The lowest BCUT2D eigenvalue weighted by Crippen LogP contribution is -2.47. The molecule has 4 rings (SSSR count). The molecular formula is C26H39N9O6. The molecule has 0 radical (unpaired) electrons. The van der Waals surface area contributed by atoms with Gasteiger partial charge in [-0.2, -0.15) is 10.1 Å². The number of aromatic nitrogens is 4. The van der Waals surface area contributed by atoms with E-state index in [1.54, 1.807) is 29.0 Å². The second kappa shape index (κ2) is 15.5. The molecule has 3 heterocycles. The summed E-state index contributed by atoms with van der Waals surface area (Å²) in [6.45, 7) is 1.98. The van der Waals surface area contributed by atoms with Gasteiger partial charge in [0.1, 0.15) is 5.82 Å². The van der Waals surface area contributed by atoms with Crippen molar-refractivity contribution in [2.75, 3.05) is 57.1 Å². The van der Waals surface area contributed by atoms with Crippen LogP contribution in [-0.4, -0.2) is 106 Å². The summed E-state index contributed by atoms with van der Waals surface area (Å²) >= 11 is 0. The third kappa shape index (κ3) is 8.86. The van der Waals surface area contributed by atoms with Crippen molar-refractivity contribution in [1.82, 2.24) is 35.3 Å². The van der Waals surface area contributed by atoms with E-state index in [1.165, 1.54) is 0 Å². The first kappa shape index (κ1) is 31.3. The highest BCUT2D eigenvalue weighted by atomic mass is 16.5. The maximum Gasteiger partial charge on any atom is 0.290 e. The average molecular weight is 574 g/mol. The smallest absolute Gasteiger partial charge is 0.290 e. The van der Waals surface area contributed by atoms with Crippen LogP contribution in [0, 0.1) is 0 Å². The lowest BCUT2D eigenvalue weighted by molar-refractivity contribution is -0.137. The van der Waals surface area contributed by atoms with Gasteiger partial charge in [-0.15, -0.1) is 0 Å². The zero-order chi connectivity index (χ0) is 29.8. The second-order valence-corrected chi connectivity index (χ2v) is 9.79. The minimum atomic E-state index is -0.250. The van der Waals surface area contributed by atoms with E-state index in [2.05, 4.69) is 25.7 Å². The molecule has 224 valence electrons. The minimum absolute atomic E-state index is 0.0436. The number of nitrogen functional groups attached to an aromatic ring is 1. The van der Waals surface area contributed by atoms with Gasteiger partial charge >= 0.3 is 0 Å². The summed E-state index contributed by atoms with van der Waals surface area (Å²) in [6, 6.07) is 1.65. The van der Waals surface area contributed by atoms with E-state index in [0.717, 1.165) is 17.7 Å². The number of aryl methyl sites for hydroxylation is 1. The van der Waals surface area contributed by atoms with E-state index in [9.17, 15) is 14.4 Å². The zero-order valence-electron chi connectivity index (χ0n) is 23.5. The summed E-state index contributed by atoms with van der Waals surface area (Å²) < 4.78 is 6.94. The van der Waals surface area contributed by atoms with Crippen molar-refractivity contribution in [3.63, 3.8) is 0 Å². The SMILES string of the molecule is COCCN1CC(=O)NC2CCc3c(c(nn3C)C(=O)NCCCN(c3ccnc(N)n3)CCCC1=O)C2.O=CO. The third-order valence-corrected chi connectivity index (χ3v) is 6.98. The molecule has 0 saturated carbocycles. The van der Waals surface area contributed by atoms with Gasteiger partial charge in [0, 0.05) is 70.3 Å². The van der Waals surface area contributed by atoms with Gasteiger partial charge in [-0.1, -0.05) is 0 Å².